The molecule has 3 atom stereocenters. The van der Waals surface area contributed by atoms with E-state index in [1.54, 1.807) is 27.7 Å². The summed E-state index contributed by atoms with van der Waals surface area (Å²) >= 11 is 0. The number of nitrogens with one attached hydrogen (secondary N) is 1. The summed E-state index contributed by atoms with van der Waals surface area (Å²) in [4.78, 5) is 11.7. The highest BCUT2D eigenvalue weighted by Crippen LogP contribution is 2.15. The summed E-state index contributed by atoms with van der Waals surface area (Å²) in [7, 11) is 0. The van der Waals surface area contributed by atoms with E-state index in [0.717, 1.165) is 0 Å². The monoisotopic (exact) mass is 270 g/mol. The van der Waals surface area contributed by atoms with Crippen LogP contribution in [0, 0.1) is 23.2 Å². The van der Waals surface area contributed by atoms with Crippen LogP contribution in [0.5, 0.6) is 0 Å². The fourth-order valence-electron chi connectivity index (χ4n) is 1.71. The number of nitrogens with zero attached hydrogens (tertiary/aromatic N) is 1. The van der Waals surface area contributed by atoms with Gasteiger partial charge in [0.25, 0.3) is 0 Å². The van der Waals surface area contributed by atoms with Gasteiger partial charge in [-0.2, -0.15) is 5.26 Å². The molecule has 5 nitrogen and oxygen atoms in total. The molecular formula is C14H26N2O3. The Bertz CT molecular complexity index is 329. The zero-order valence-electron chi connectivity index (χ0n) is 12.7. The van der Waals surface area contributed by atoms with Crippen molar-refractivity contribution in [1.29, 1.82) is 5.26 Å². The summed E-state index contributed by atoms with van der Waals surface area (Å²) in [6.45, 7) is 10.9. The Labute approximate surface area is 115 Å². The van der Waals surface area contributed by atoms with E-state index in [-0.39, 0.29) is 11.8 Å². The smallest absolute Gasteiger partial charge is 0.407 e. The lowest BCUT2D eigenvalue weighted by Crippen LogP contribution is -2.48. The fraction of sp³-hybridized carbons (Fsp3) is 0.857. The molecule has 0 radical (unpaired) electrons. The first kappa shape index (κ1) is 17.7. The molecular weight excluding hydrogens is 244 g/mol. The van der Waals surface area contributed by atoms with E-state index < -0.39 is 23.8 Å². The molecule has 1 amide bonds. The number of carbonyl (C=O) groups excluding carboxylic acids is 1. The summed E-state index contributed by atoms with van der Waals surface area (Å²) in [5.41, 5.74) is -0.573. The van der Waals surface area contributed by atoms with Gasteiger partial charge >= 0.3 is 6.09 Å². The summed E-state index contributed by atoms with van der Waals surface area (Å²) in [6.07, 6.45) is -0.980. The molecule has 0 aliphatic carbocycles. The molecule has 0 aromatic carbocycles. The summed E-state index contributed by atoms with van der Waals surface area (Å²) < 4.78 is 5.17. The molecule has 0 aliphatic rings. The Kier molecular flexibility index (Phi) is 6.85. The van der Waals surface area contributed by atoms with Gasteiger partial charge in [-0.1, -0.05) is 13.8 Å². The molecule has 19 heavy (non-hydrogen) atoms. The van der Waals surface area contributed by atoms with Crippen molar-refractivity contribution < 1.29 is 14.6 Å². The first-order valence-electron chi connectivity index (χ1n) is 6.64. The first-order chi connectivity index (χ1) is 8.56. The van der Waals surface area contributed by atoms with Crippen LogP contribution in [0.1, 0.15) is 48.0 Å². The molecule has 0 aliphatic heterocycles. The van der Waals surface area contributed by atoms with Gasteiger partial charge in [0.2, 0.25) is 0 Å². The van der Waals surface area contributed by atoms with Crippen molar-refractivity contribution >= 4 is 6.09 Å². The first-order valence-corrected chi connectivity index (χ1v) is 6.64. The topological polar surface area (TPSA) is 82.3 Å². The third kappa shape index (κ3) is 7.68. The third-order valence-electron chi connectivity index (χ3n) is 2.63. The quantitative estimate of drug-likeness (QED) is 0.804. The Morgan fingerprint density at radius 3 is 2.26 bits per heavy atom. The number of amides is 1. The van der Waals surface area contributed by atoms with Gasteiger partial charge < -0.3 is 15.2 Å². The van der Waals surface area contributed by atoms with Crippen LogP contribution < -0.4 is 5.32 Å². The van der Waals surface area contributed by atoms with Crippen LogP contribution in [0.25, 0.3) is 0 Å². The Hall–Kier alpha value is -1.28. The largest absolute Gasteiger partial charge is 0.444 e. The van der Waals surface area contributed by atoms with Crippen LogP contribution in [0.4, 0.5) is 4.79 Å². The summed E-state index contributed by atoms with van der Waals surface area (Å²) in [6, 6.07) is 1.65. The van der Waals surface area contributed by atoms with Crippen molar-refractivity contribution in [2.24, 2.45) is 11.8 Å². The maximum Gasteiger partial charge on any atom is 0.407 e. The molecule has 0 bridgehead atoms. The number of hydrogen-bond donors (Lipinski definition) is 2. The van der Waals surface area contributed by atoms with Gasteiger partial charge in [0.15, 0.2) is 0 Å². The second kappa shape index (κ2) is 7.34. The predicted octanol–water partition coefficient (Wildman–Crippen LogP) is 2.45. The number of alkyl carbamates (subject to hydrolysis) is 1. The standard InChI is InChI=1S/C14H26N2O3/c1-9(2)12(11(17)7-10(3)8-15)16-13(18)19-14(4,5)6/h9-12,17H,7H2,1-6H3,(H,16,18)/t10-,11-,12-/m0/s1. The minimum Gasteiger partial charge on any atom is -0.444 e. The van der Waals surface area contributed by atoms with Gasteiger partial charge in [-0.15, -0.1) is 0 Å². The van der Waals surface area contributed by atoms with Gasteiger partial charge in [-0.05, 0) is 40.0 Å². The number of hydrogen-bond acceptors (Lipinski definition) is 4. The highest BCUT2D eigenvalue weighted by Gasteiger charge is 2.28. The van der Waals surface area contributed by atoms with Crippen molar-refractivity contribution in [3.8, 4) is 6.07 Å². The summed E-state index contributed by atoms with van der Waals surface area (Å²) in [5, 5.41) is 21.6. The van der Waals surface area contributed by atoms with E-state index >= 15 is 0 Å². The fourth-order valence-corrected chi connectivity index (χ4v) is 1.71. The number of aliphatic hydroxyl groups excluding tert-OH is 1. The summed E-state index contributed by atoms with van der Waals surface area (Å²) in [5.74, 6) is -0.204. The van der Waals surface area contributed by atoms with Crippen molar-refractivity contribution in [2.45, 2.75) is 65.7 Å². The van der Waals surface area contributed by atoms with Crippen LogP contribution in [-0.4, -0.2) is 28.9 Å². The predicted molar refractivity (Wildman–Crippen MR) is 73.4 cm³/mol. The van der Waals surface area contributed by atoms with Gasteiger partial charge in [-0.3, -0.25) is 0 Å². The Morgan fingerprint density at radius 2 is 1.89 bits per heavy atom. The molecule has 0 spiro atoms. The molecule has 0 heterocycles. The lowest BCUT2D eigenvalue weighted by atomic mass is 9.92. The lowest BCUT2D eigenvalue weighted by Gasteiger charge is -2.29. The minimum absolute atomic E-state index is 0.0495. The molecule has 110 valence electrons. The molecule has 0 aromatic heterocycles. The van der Waals surface area contributed by atoms with Crippen LogP contribution in [0.2, 0.25) is 0 Å². The normalized spacial score (nSPS) is 16.4. The van der Waals surface area contributed by atoms with E-state index in [9.17, 15) is 9.90 Å². The van der Waals surface area contributed by atoms with E-state index in [0.29, 0.717) is 6.42 Å². The van der Waals surface area contributed by atoms with Crippen molar-refractivity contribution in [2.75, 3.05) is 0 Å². The van der Waals surface area contributed by atoms with Crippen molar-refractivity contribution in [3.63, 3.8) is 0 Å². The van der Waals surface area contributed by atoms with Gasteiger partial charge in [-0.25, -0.2) is 4.79 Å². The average Bonchev–Trinajstić information content (AvgIpc) is 2.22. The minimum atomic E-state index is -0.762. The van der Waals surface area contributed by atoms with Gasteiger partial charge in [0, 0.05) is 5.92 Å². The van der Waals surface area contributed by atoms with E-state index in [1.807, 2.05) is 13.8 Å². The molecule has 0 saturated carbocycles. The van der Waals surface area contributed by atoms with Crippen LogP contribution in [-0.2, 0) is 4.74 Å². The number of rotatable bonds is 5. The zero-order chi connectivity index (χ0) is 15.2. The van der Waals surface area contributed by atoms with E-state index in [2.05, 4.69) is 11.4 Å². The molecule has 2 N–H and O–H groups in total. The number of nitriles is 1. The Balaban J connectivity index is 4.58. The SMILES string of the molecule is CC(C)[C@H](NC(=O)OC(C)(C)C)[C@@H](O)C[C@H](C)C#N. The third-order valence-corrected chi connectivity index (χ3v) is 2.63. The van der Waals surface area contributed by atoms with Gasteiger partial charge in [0.1, 0.15) is 5.60 Å². The second-order valence-electron chi connectivity index (χ2n) is 6.25. The van der Waals surface area contributed by atoms with Crippen LogP contribution in [0.15, 0.2) is 0 Å². The van der Waals surface area contributed by atoms with Crippen LogP contribution in [0.3, 0.4) is 0 Å². The highest BCUT2D eigenvalue weighted by atomic mass is 16.6. The van der Waals surface area contributed by atoms with E-state index in [4.69, 9.17) is 10.00 Å². The number of ether oxygens (including phenoxy) is 1. The second-order valence-corrected chi connectivity index (χ2v) is 6.25. The average molecular weight is 270 g/mol. The van der Waals surface area contributed by atoms with Crippen LogP contribution >= 0.6 is 0 Å². The molecule has 0 unspecified atom stereocenters. The highest BCUT2D eigenvalue weighted by molar-refractivity contribution is 5.68. The van der Waals surface area contributed by atoms with Crippen molar-refractivity contribution in [1.82, 2.24) is 5.32 Å². The molecule has 0 fully saturated rings. The maximum absolute atomic E-state index is 11.7. The Morgan fingerprint density at radius 1 is 1.37 bits per heavy atom. The number of aliphatic hydroxyl groups is 1. The molecule has 0 aromatic rings. The van der Waals surface area contributed by atoms with Gasteiger partial charge in [0.05, 0.1) is 18.2 Å². The maximum atomic E-state index is 11.7. The van der Waals surface area contributed by atoms with Crippen molar-refractivity contribution in [3.05, 3.63) is 0 Å². The number of carbonyl (C=O) groups is 1. The zero-order valence-corrected chi connectivity index (χ0v) is 12.7. The molecule has 0 rings (SSSR count). The molecule has 0 saturated heterocycles. The van der Waals surface area contributed by atoms with E-state index in [1.165, 1.54) is 0 Å². The molecule has 5 heteroatoms. The lowest BCUT2D eigenvalue weighted by molar-refractivity contribution is 0.0349.